The van der Waals surface area contributed by atoms with Crippen LogP contribution in [-0.2, 0) is 14.3 Å². The van der Waals surface area contributed by atoms with E-state index in [1.54, 1.807) is 0 Å². The number of hydrogen-bond donors (Lipinski definition) is 1. The van der Waals surface area contributed by atoms with Gasteiger partial charge in [0, 0.05) is 18.5 Å². The summed E-state index contributed by atoms with van der Waals surface area (Å²) in [6, 6.07) is 3.80. The first kappa shape index (κ1) is 15.0. The van der Waals surface area contributed by atoms with Gasteiger partial charge in [-0.2, -0.15) is 0 Å². The zero-order valence-corrected chi connectivity index (χ0v) is 12.5. The predicted octanol–water partition coefficient (Wildman–Crippen LogP) is 1.94. The van der Waals surface area contributed by atoms with E-state index in [0.29, 0.717) is 19.4 Å². The molecule has 0 aromatic carbocycles. The van der Waals surface area contributed by atoms with Crippen LogP contribution >= 0.6 is 11.3 Å². The van der Waals surface area contributed by atoms with Crippen LogP contribution in [0.4, 0.5) is 0 Å². The standard InChI is InChI=1S/C14H19NO4S/c1-10(11-5-3-8-20-11)12(16)15-7-4-6-14(15,9-19-2)13(17)18/h3,5,8,10H,4,6-7,9H2,1-2H3,(H,17,18). The number of methoxy groups -OCH3 is 1. The van der Waals surface area contributed by atoms with Crippen molar-refractivity contribution in [3.8, 4) is 0 Å². The molecule has 20 heavy (non-hydrogen) atoms. The fraction of sp³-hybridized carbons (Fsp3) is 0.571. The van der Waals surface area contributed by atoms with Crippen molar-refractivity contribution in [2.24, 2.45) is 0 Å². The number of thiophene rings is 1. The molecule has 2 unspecified atom stereocenters. The third kappa shape index (κ3) is 2.45. The van der Waals surface area contributed by atoms with E-state index in [9.17, 15) is 14.7 Å². The monoisotopic (exact) mass is 297 g/mol. The van der Waals surface area contributed by atoms with Crippen molar-refractivity contribution in [2.75, 3.05) is 20.3 Å². The second kappa shape index (κ2) is 5.93. The summed E-state index contributed by atoms with van der Waals surface area (Å²) in [5.41, 5.74) is -1.21. The number of likely N-dealkylation sites (tertiary alicyclic amines) is 1. The van der Waals surface area contributed by atoms with Gasteiger partial charge in [-0.3, -0.25) is 4.79 Å². The number of rotatable bonds is 5. The highest BCUT2D eigenvalue weighted by atomic mass is 32.1. The first-order valence-electron chi connectivity index (χ1n) is 6.60. The second-order valence-corrected chi connectivity index (χ2v) is 6.08. The number of hydrogen-bond acceptors (Lipinski definition) is 4. The summed E-state index contributed by atoms with van der Waals surface area (Å²) < 4.78 is 5.07. The maximum atomic E-state index is 12.7. The SMILES string of the molecule is COCC1(C(=O)O)CCCN1C(=O)C(C)c1cccs1. The quantitative estimate of drug-likeness (QED) is 0.902. The van der Waals surface area contributed by atoms with Gasteiger partial charge in [0.1, 0.15) is 0 Å². The lowest BCUT2D eigenvalue weighted by molar-refractivity contribution is -0.160. The Hall–Kier alpha value is -1.40. The Kier molecular flexibility index (Phi) is 4.45. The van der Waals surface area contributed by atoms with Gasteiger partial charge in [-0.15, -0.1) is 11.3 Å². The van der Waals surface area contributed by atoms with Gasteiger partial charge >= 0.3 is 5.97 Å². The van der Waals surface area contributed by atoms with Gasteiger partial charge in [0.05, 0.1) is 12.5 Å². The van der Waals surface area contributed by atoms with Gasteiger partial charge in [-0.05, 0) is 31.2 Å². The second-order valence-electron chi connectivity index (χ2n) is 5.10. The van der Waals surface area contributed by atoms with Gasteiger partial charge in [0.15, 0.2) is 5.54 Å². The van der Waals surface area contributed by atoms with E-state index in [1.165, 1.54) is 23.3 Å². The van der Waals surface area contributed by atoms with E-state index in [2.05, 4.69) is 0 Å². The largest absolute Gasteiger partial charge is 0.479 e. The average Bonchev–Trinajstić information content (AvgIpc) is 3.07. The van der Waals surface area contributed by atoms with Crippen LogP contribution < -0.4 is 0 Å². The summed E-state index contributed by atoms with van der Waals surface area (Å²) in [7, 11) is 1.47. The molecular weight excluding hydrogens is 278 g/mol. The molecule has 1 saturated heterocycles. The molecule has 1 amide bonds. The van der Waals surface area contributed by atoms with Crippen LogP contribution in [0.15, 0.2) is 17.5 Å². The molecule has 2 heterocycles. The normalized spacial score (nSPS) is 23.8. The molecule has 1 aromatic rings. The Morgan fingerprint density at radius 3 is 2.90 bits per heavy atom. The summed E-state index contributed by atoms with van der Waals surface area (Å²) in [5, 5.41) is 11.5. The maximum absolute atomic E-state index is 12.7. The van der Waals surface area contributed by atoms with Crippen molar-refractivity contribution in [1.82, 2.24) is 4.90 Å². The van der Waals surface area contributed by atoms with E-state index in [0.717, 1.165) is 4.88 Å². The van der Waals surface area contributed by atoms with Crippen molar-refractivity contribution in [3.05, 3.63) is 22.4 Å². The minimum atomic E-state index is -1.21. The van der Waals surface area contributed by atoms with E-state index < -0.39 is 11.5 Å². The third-order valence-electron chi connectivity index (χ3n) is 3.88. The summed E-state index contributed by atoms with van der Waals surface area (Å²) in [6.45, 7) is 2.33. The van der Waals surface area contributed by atoms with Crippen LogP contribution in [0.25, 0.3) is 0 Å². The Balaban J connectivity index is 2.25. The smallest absolute Gasteiger partial charge is 0.332 e. The molecule has 0 saturated carbocycles. The maximum Gasteiger partial charge on any atom is 0.332 e. The van der Waals surface area contributed by atoms with E-state index >= 15 is 0 Å². The predicted molar refractivity (Wildman–Crippen MR) is 75.9 cm³/mol. The Bertz CT molecular complexity index is 487. The molecule has 1 aliphatic rings. The Morgan fingerprint density at radius 2 is 2.35 bits per heavy atom. The zero-order valence-electron chi connectivity index (χ0n) is 11.7. The van der Waals surface area contributed by atoms with Gasteiger partial charge in [-0.25, -0.2) is 4.79 Å². The van der Waals surface area contributed by atoms with Gasteiger partial charge < -0.3 is 14.7 Å². The summed E-state index contributed by atoms with van der Waals surface area (Å²) in [6.07, 6.45) is 1.14. The molecule has 0 radical (unpaired) electrons. The average molecular weight is 297 g/mol. The van der Waals surface area contributed by atoms with Crippen molar-refractivity contribution < 1.29 is 19.4 Å². The molecule has 0 bridgehead atoms. The molecule has 6 heteroatoms. The lowest BCUT2D eigenvalue weighted by Crippen LogP contribution is -2.56. The molecule has 110 valence electrons. The van der Waals surface area contributed by atoms with Gasteiger partial charge in [-0.1, -0.05) is 6.07 Å². The van der Waals surface area contributed by atoms with Crippen molar-refractivity contribution >= 4 is 23.2 Å². The van der Waals surface area contributed by atoms with Crippen LogP contribution in [0.2, 0.25) is 0 Å². The van der Waals surface area contributed by atoms with E-state index in [-0.39, 0.29) is 18.4 Å². The minimum absolute atomic E-state index is 0.0330. The third-order valence-corrected chi connectivity index (χ3v) is 4.93. The summed E-state index contributed by atoms with van der Waals surface area (Å²) >= 11 is 1.51. The van der Waals surface area contributed by atoms with Crippen LogP contribution in [0, 0.1) is 0 Å². The fourth-order valence-electron chi connectivity index (χ4n) is 2.77. The Labute approximate surface area is 122 Å². The van der Waals surface area contributed by atoms with Crippen LogP contribution in [0.1, 0.15) is 30.6 Å². The number of carboxylic acid groups (broad SMARTS) is 1. The first-order chi connectivity index (χ1) is 9.53. The van der Waals surface area contributed by atoms with Crippen molar-refractivity contribution in [1.29, 1.82) is 0 Å². The van der Waals surface area contributed by atoms with E-state index in [4.69, 9.17) is 4.74 Å². The number of carboxylic acids is 1. The topological polar surface area (TPSA) is 66.8 Å². The number of nitrogens with zero attached hydrogens (tertiary/aromatic N) is 1. The molecule has 2 rings (SSSR count). The number of amides is 1. The number of carbonyl (C=O) groups excluding carboxylic acids is 1. The molecule has 2 atom stereocenters. The number of carbonyl (C=O) groups is 2. The lowest BCUT2D eigenvalue weighted by Gasteiger charge is -2.35. The first-order valence-corrected chi connectivity index (χ1v) is 7.48. The number of aliphatic carboxylic acids is 1. The molecule has 5 nitrogen and oxygen atoms in total. The lowest BCUT2D eigenvalue weighted by atomic mass is 9.95. The summed E-state index contributed by atoms with van der Waals surface area (Å²) in [4.78, 5) is 26.8. The zero-order chi connectivity index (χ0) is 14.8. The van der Waals surface area contributed by atoms with Gasteiger partial charge in [0.2, 0.25) is 5.91 Å². The van der Waals surface area contributed by atoms with Crippen LogP contribution in [0.5, 0.6) is 0 Å². The van der Waals surface area contributed by atoms with Crippen molar-refractivity contribution in [3.63, 3.8) is 0 Å². The highest BCUT2D eigenvalue weighted by Gasteiger charge is 2.51. The highest BCUT2D eigenvalue weighted by Crippen LogP contribution is 2.34. The number of ether oxygens (including phenoxy) is 1. The fourth-order valence-corrected chi connectivity index (χ4v) is 3.54. The molecule has 0 spiro atoms. The molecule has 1 fully saturated rings. The molecular formula is C14H19NO4S. The molecule has 1 aromatic heterocycles. The highest BCUT2D eigenvalue weighted by molar-refractivity contribution is 7.10. The van der Waals surface area contributed by atoms with E-state index in [1.807, 2.05) is 24.4 Å². The van der Waals surface area contributed by atoms with Crippen molar-refractivity contribution in [2.45, 2.75) is 31.2 Å². The Morgan fingerprint density at radius 1 is 1.60 bits per heavy atom. The molecule has 0 aliphatic carbocycles. The van der Waals surface area contributed by atoms with Crippen LogP contribution in [-0.4, -0.2) is 47.7 Å². The van der Waals surface area contributed by atoms with Crippen LogP contribution in [0.3, 0.4) is 0 Å². The molecule has 1 N–H and O–H groups in total. The summed E-state index contributed by atoms with van der Waals surface area (Å²) in [5.74, 6) is -1.43. The minimum Gasteiger partial charge on any atom is -0.479 e. The molecule has 1 aliphatic heterocycles. The van der Waals surface area contributed by atoms with Gasteiger partial charge in [0.25, 0.3) is 0 Å².